The standard InChI is InChI=1S/C13H21NO/c1-3-4-8-11-14(2,15)12-13-9-6-5-7-10-13/h5-7,9-10H,3-4,8,11-12H2,1-2H3. The first-order valence-electron chi connectivity index (χ1n) is 5.73. The van der Waals surface area contributed by atoms with Crippen molar-refractivity contribution in [3.63, 3.8) is 0 Å². The maximum Gasteiger partial charge on any atom is 0.104 e. The number of hydrogen-bond donors (Lipinski definition) is 0. The molecule has 1 unspecified atom stereocenters. The van der Waals surface area contributed by atoms with Crippen molar-refractivity contribution >= 4 is 0 Å². The molecule has 1 atom stereocenters. The molecule has 0 fully saturated rings. The quantitative estimate of drug-likeness (QED) is 0.398. The average Bonchev–Trinajstić information content (AvgIpc) is 2.18. The zero-order chi connectivity index (χ0) is 11.1. The minimum atomic E-state index is -0.149. The van der Waals surface area contributed by atoms with Crippen LogP contribution in [-0.2, 0) is 6.54 Å². The summed E-state index contributed by atoms with van der Waals surface area (Å²) < 4.78 is -0.149. The Labute approximate surface area is 92.7 Å². The van der Waals surface area contributed by atoms with E-state index < -0.39 is 0 Å². The first-order chi connectivity index (χ1) is 7.14. The van der Waals surface area contributed by atoms with Gasteiger partial charge in [-0.15, -0.1) is 0 Å². The molecule has 2 heteroatoms. The van der Waals surface area contributed by atoms with Gasteiger partial charge in [-0.25, -0.2) is 0 Å². The van der Waals surface area contributed by atoms with Crippen LogP contribution in [-0.4, -0.2) is 18.2 Å². The Morgan fingerprint density at radius 3 is 2.40 bits per heavy atom. The van der Waals surface area contributed by atoms with Crippen LogP contribution in [0.2, 0.25) is 0 Å². The Morgan fingerprint density at radius 2 is 1.80 bits per heavy atom. The zero-order valence-electron chi connectivity index (χ0n) is 9.78. The summed E-state index contributed by atoms with van der Waals surface area (Å²) in [6.45, 7) is 3.47. The summed E-state index contributed by atoms with van der Waals surface area (Å²) in [7, 11) is 1.77. The summed E-state index contributed by atoms with van der Waals surface area (Å²) in [6.07, 6.45) is 3.36. The number of hydrogen-bond acceptors (Lipinski definition) is 1. The van der Waals surface area contributed by atoms with Gasteiger partial charge in [0.2, 0.25) is 0 Å². The Kier molecular flexibility index (Phi) is 4.79. The van der Waals surface area contributed by atoms with Gasteiger partial charge in [-0.2, -0.15) is 0 Å². The second kappa shape index (κ2) is 5.89. The van der Waals surface area contributed by atoms with E-state index in [9.17, 15) is 5.21 Å². The number of rotatable bonds is 6. The fourth-order valence-electron chi connectivity index (χ4n) is 1.74. The van der Waals surface area contributed by atoms with Crippen LogP contribution in [0.3, 0.4) is 0 Å². The van der Waals surface area contributed by atoms with Gasteiger partial charge in [-0.05, 0) is 12.8 Å². The van der Waals surface area contributed by atoms with Crippen molar-refractivity contribution in [1.29, 1.82) is 0 Å². The van der Waals surface area contributed by atoms with Gasteiger partial charge in [0.25, 0.3) is 0 Å². The number of unbranched alkanes of at least 4 members (excludes halogenated alkanes) is 2. The third-order valence-corrected chi connectivity index (χ3v) is 2.59. The van der Waals surface area contributed by atoms with Gasteiger partial charge < -0.3 is 9.85 Å². The van der Waals surface area contributed by atoms with Crippen molar-refractivity contribution in [2.45, 2.75) is 32.7 Å². The van der Waals surface area contributed by atoms with Gasteiger partial charge in [0.15, 0.2) is 0 Å². The van der Waals surface area contributed by atoms with Crippen molar-refractivity contribution in [3.05, 3.63) is 41.1 Å². The van der Waals surface area contributed by atoms with Gasteiger partial charge in [0.05, 0.1) is 13.6 Å². The van der Waals surface area contributed by atoms with E-state index in [2.05, 4.69) is 6.92 Å². The van der Waals surface area contributed by atoms with E-state index in [4.69, 9.17) is 0 Å². The van der Waals surface area contributed by atoms with Crippen molar-refractivity contribution in [2.24, 2.45) is 0 Å². The number of hydroxylamine groups is 3. The minimum Gasteiger partial charge on any atom is -0.633 e. The smallest absolute Gasteiger partial charge is 0.104 e. The molecule has 0 amide bonds. The van der Waals surface area contributed by atoms with E-state index >= 15 is 0 Å². The van der Waals surface area contributed by atoms with Gasteiger partial charge in [-0.3, -0.25) is 0 Å². The normalized spacial score (nSPS) is 14.9. The summed E-state index contributed by atoms with van der Waals surface area (Å²) >= 11 is 0. The molecular formula is C13H21NO. The van der Waals surface area contributed by atoms with Gasteiger partial charge in [0, 0.05) is 5.56 Å². The van der Waals surface area contributed by atoms with E-state index in [-0.39, 0.29) is 4.65 Å². The lowest BCUT2D eigenvalue weighted by Gasteiger charge is -2.38. The molecule has 0 N–H and O–H groups in total. The Bertz CT molecular complexity index is 269. The largest absolute Gasteiger partial charge is 0.633 e. The molecule has 0 radical (unpaired) electrons. The van der Waals surface area contributed by atoms with Gasteiger partial charge >= 0.3 is 0 Å². The molecule has 0 aliphatic heterocycles. The summed E-state index contributed by atoms with van der Waals surface area (Å²) in [6, 6.07) is 10.0. The second-order valence-electron chi connectivity index (χ2n) is 4.37. The van der Waals surface area contributed by atoms with E-state index in [1.807, 2.05) is 30.3 Å². The molecule has 0 aliphatic carbocycles. The lowest BCUT2D eigenvalue weighted by atomic mass is 10.2. The van der Waals surface area contributed by atoms with Crippen molar-refractivity contribution < 1.29 is 4.65 Å². The molecule has 84 valence electrons. The summed E-state index contributed by atoms with van der Waals surface area (Å²) in [4.78, 5) is 0. The summed E-state index contributed by atoms with van der Waals surface area (Å²) in [5.41, 5.74) is 1.13. The molecule has 2 nitrogen and oxygen atoms in total. The molecule has 0 spiro atoms. The third kappa shape index (κ3) is 4.96. The van der Waals surface area contributed by atoms with Crippen LogP contribution in [0.4, 0.5) is 0 Å². The Morgan fingerprint density at radius 1 is 1.13 bits per heavy atom. The first-order valence-corrected chi connectivity index (χ1v) is 5.73. The highest BCUT2D eigenvalue weighted by Gasteiger charge is 2.09. The topological polar surface area (TPSA) is 23.1 Å². The van der Waals surface area contributed by atoms with Gasteiger partial charge in [0.1, 0.15) is 6.54 Å². The van der Waals surface area contributed by atoms with E-state index in [0.29, 0.717) is 6.54 Å². The predicted molar refractivity (Wildman–Crippen MR) is 64.1 cm³/mol. The summed E-state index contributed by atoms with van der Waals surface area (Å²) in [5, 5.41) is 12.1. The second-order valence-corrected chi connectivity index (χ2v) is 4.37. The van der Waals surface area contributed by atoms with Crippen LogP contribution < -0.4 is 0 Å². The summed E-state index contributed by atoms with van der Waals surface area (Å²) in [5.74, 6) is 0. The number of benzene rings is 1. The van der Waals surface area contributed by atoms with E-state index in [1.54, 1.807) is 7.05 Å². The lowest BCUT2D eigenvalue weighted by Crippen LogP contribution is -2.37. The Balaban J connectivity index is 2.42. The number of quaternary nitrogens is 1. The highest BCUT2D eigenvalue weighted by Crippen LogP contribution is 2.11. The van der Waals surface area contributed by atoms with Crippen LogP contribution in [0.15, 0.2) is 30.3 Å². The fraction of sp³-hybridized carbons (Fsp3) is 0.538. The van der Waals surface area contributed by atoms with Gasteiger partial charge in [-0.1, -0.05) is 43.7 Å². The van der Waals surface area contributed by atoms with Crippen LogP contribution in [0.5, 0.6) is 0 Å². The molecule has 1 rings (SSSR count). The fourth-order valence-corrected chi connectivity index (χ4v) is 1.74. The highest BCUT2D eigenvalue weighted by molar-refractivity contribution is 5.13. The molecule has 0 aliphatic rings. The molecular weight excluding hydrogens is 186 g/mol. The molecule has 1 aromatic carbocycles. The zero-order valence-corrected chi connectivity index (χ0v) is 9.78. The van der Waals surface area contributed by atoms with Crippen molar-refractivity contribution in [3.8, 4) is 0 Å². The molecule has 0 heterocycles. The first kappa shape index (κ1) is 12.2. The third-order valence-electron chi connectivity index (χ3n) is 2.59. The monoisotopic (exact) mass is 207 g/mol. The van der Waals surface area contributed by atoms with Crippen molar-refractivity contribution in [2.75, 3.05) is 13.6 Å². The highest BCUT2D eigenvalue weighted by atomic mass is 16.5. The lowest BCUT2D eigenvalue weighted by molar-refractivity contribution is -0.874. The maximum absolute atomic E-state index is 12.1. The maximum atomic E-state index is 12.1. The van der Waals surface area contributed by atoms with Crippen LogP contribution in [0.1, 0.15) is 31.7 Å². The molecule has 0 saturated heterocycles. The molecule has 0 aromatic heterocycles. The SMILES string of the molecule is CCCCC[N+](C)([O-])Cc1ccccc1. The van der Waals surface area contributed by atoms with E-state index in [0.717, 1.165) is 24.9 Å². The molecule has 15 heavy (non-hydrogen) atoms. The molecule has 1 aromatic rings. The average molecular weight is 207 g/mol. The molecule has 0 saturated carbocycles. The predicted octanol–water partition coefficient (Wildman–Crippen LogP) is 3.32. The van der Waals surface area contributed by atoms with Crippen LogP contribution >= 0.6 is 0 Å². The van der Waals surface area contributed by atoms with Crippen LogP contribution in [0, 0.1) is 5.21 Å². The molecule has 0 bridgehead atoms. The van der Waals surface area contributed by atoms with Crippen LogP contribution in [0.25, 0.3) is 0 Å². The minimum absolute atomic E-state index is 0.149. The number of nitrogens with zero attached hydrogens (tertiary/aromatic N) is 1. The van der Waals surface area contributed by atoms with Crippen molar-refractivity contribution in [1.82, 2.24) is 0 Å². The Hall–Kier alpha value is -0.860. The van der Waals surface area contributed by atoms with E-state index in [1.165, 1.54) is 6.42 Å².